The largest absolute Gasteiger partial charge is 0.493 e. The number of benzene rings is 1. The summed E-state index contributed by atoms with van der Waals surface area (Å²) in [6.45, 7) is 4.30. The Morgan fingerprint density at radius 1 is 1.12 bits per heavy atom. The van der Waals surface area contributed by atoms with E-state index in [4.69, 9.17) is 14.6 Å². The second kappa shape index (κ2) is 7.86. The van der Waals surface area contributed by atoms with Gasteiger partial charge in [0.25, 0.3) is 5.91 Å². The summed E-state index contributed by atoms with van der Waals surface area (Å²) in [4.78, 5) is 27.3. The van der Waals surface area contributed by atoms with E-state index >= 15 is 0 Å². The van der Waals surface area contributed by atoms with E-state index < -0.39 is 11.9 Å². The molecule has 26 heavy (non-hydrogen) atoms. The summed E-state index contributed by atoms with van der Waals surface area (Å²) in [6, 6.07) is 8.19. The molecular formula is C19H22N2O5. The van der Waals surface area contributed by atoms with E-state index in [-0.39, 0.29) is 16.7 Å². The van der Waals surface area contributed by atoms with Crippen molar-refractivity contribution in [2.24, 2.45) is 0 Å². The van der Waals surface area contributed by atoms with Crippen molar-refractivity contribution in [1.82, 2.24) is 10.3 Å². The number of hydrogen-bond donors (Lipinski definition) is 2. The number of methoxy groups -OCH3 is 2. The number of rotatable bonds is 7. The Morgan fingerprint density at radius 2 is 1.81 bits per heavy atom. The molecule has 7 heteroatoms. The maximum atomic E-state index is 12.3. The number of nitrogens with one attached hydrogen (secondary N) is 1. The standard InChI is InChI=1S/C19H22N2O5/c1-19(2,13-5-6-15(25-3)16(10-13)26-4)11-21-17(22)14-9-12(18(23)24)7-8-20-14/h5-10H,11H2,1-4H3,(H,21,22)(H,23,24). The van der Waals surface area contributed by atoms with Crippen LogP contribution in [0.1, 0.15) is 40.3 Å². The molecule has 1 heterocycles. The number of ether oxygens (including phenoxy) is 2. The predicted molar refractivity (Wildman–Crippen MR) is 96.1 cm³/mol. The maximum Gasteiger partial charge on any atom is 0.335 e. The molecule has 0 spiro atoms. The Kier molecular flexibility index (Phi) is 5.82. The van der Waals surface area contributed by atoms with Crippen LogP contribution in [-0.4, -0.2) is 42.7 Å². The van der Waals surface area contributed by atoms with E-state index in [2.05, 4.69) is 10.3 Å². The minimum atomic E-state index is -1.10. The number of carbonyl (C=O) groups is 2. The Labute approximate surface area is 152 Å². The molecule has 0 radical (unpaired) electrons. The van der Waals surface area contributed by atoms with E-state index in [0.29, 0.717) is 18.0 Å². The number of aromatic nitrogens is 1. The van der Waals surface area contributed by atoms with Crippen molar-refractivity contribution in [1.29, 1.82) is 0 Å². The van der Waals surface area contributed by atoms with E-state index in [0.717, 1.165) is 5.56 Å². The summed E-state index contributed by atoms with van der Waals surface area (Å²) < 4.78 is 10.6. The number of nitrogens with zero attached hydrogens (tertiary/aromatic N) is 1. The van der Waals surface area contributed by atoms with E-state index in [1.165, 1.54) is 18.3 Å². The van der Waals surface area contributed by atoms with Crippen molar-refractivity contribution in [3.05, 3.63) is 53.3 Å². The number of amides is 1. The first-order valence-corrected chi connectivity index (χ1v) is 7.98. The SMILES string of the molecule is COc1ccc(C(C)(C)CNC(=O)c2cc(C(=O)O)ccn2)cc1OC. The van der Waals surface area contributed by atoms with Crippen LogP contribution in [0.5, 0.6) is 11.5 Å². The quantitative estimate of drug-likeness (QED) is 0.789. The lowest BCUT2D eigenvalue weighted by molar-refractivity contribution is 0.0696. The monoisotopic (exact) mass is 358 g/mol. The summed E-state index contributed by atoms with van der Waals surface area (Å²) in [7, 11) is 3.14. The first-order valence-electron chi connectivity index (χ1n) is 7.98. The highest BCUT2D eigenvalue weighted by Crippen LogP contribution is 2.32. The normalized spacial score (nSPS) is 10.9. The van der Waals surface area contributed by atoms with Crippen LogP contribution in [0.15, 0.2) is 36.5 Å². The minimum absolute atomic E-state index is 0.0179. The van der Waals surface area contributed by atoms with Gasteiger partial charge in [-0.25, -0.2) is 4.79 Å². The zero-order chi connectivity index (χ0) is 19.3. The molecule has 0 bridgehead atoms. The summed E-state index contributed by atoms with van der Waals surface area (Å²) in [5, 5.41) is 11.8. The fourth-order valence-electron chi connectivity index (χ4n) is 2.44. The van der Waals surface area contributed by atoms with Crippen molar-refractivity contribution in [2.45, 2.75) is 19.3 Å². The smallest absolute Gasteiger partial charge is 0.335 e. The first-order chi connectivity index (χ1) is 12.3. The van der Waals surface area contributed by atoms with Crippen molar-refractivity contribution >= 4 is 11.9 Å². The molecule has 1 aromatic carbocycles. The van der Waals surface area contributed by atoms with Crippen LogP contribution in [0.2, 0.25) is 0 Å². The van der Waals surface area contributed by atoms with Crippen molar-refractivity contribution < 1.29 is 24.2 Å². The summed E-state index contributed by atoms with van der Waals surface area (Å²) in [6.07, 6.45) is 1.30. The van der Waals surface area contributed by atoms with Crippen molar-refractivity contribution in [2.75, 3.05) is 20.8 Å². The average Bonchev–Trinajstić information content (AvgIpc) is 2.65. The molecule has 2 aromatic rings. The fraction of sp³-hybridized carbons (Fsp3) is 0.316. The molecule has 0 aliphatic heterocycles. The van der Waals surface area contributed by atoms with Gasteiger partial charge < -0.3 is 19.9 Å². The predicted octanol–water partition coefficient (Wildman–Crippen LogP) is 2.50. The van der Waals surface area contributed by atoms with Gasteiger partial charge in [0.05, 0.1) is 19.8 Å². The molecular weight excluding hydrogens is 336 g/mol. The molecule has 0 aliphatic carbocycles. The van der Waals surface area contributed by atoms with Gasteiger partial charge in [0.1, 0.15) is 5.69 Å². The Hall–Kier alpha value is -3.09. The minimum Gasteiger partial charge on any atom is -0.493 e. The van der Waals surface area contributed by atoms with Crippen molar-refractivity contribution in [3.8, 4) is 11.5 Å². The number of hydrogen-bond acceptors (Lipinski definition) is 5. The molecule has 0 saturated heterocycles. The number of carbonyl (C=O) groups excluding carboxylic acids is 1. The first kappa shape index (κ1) is 19.2. The van der Waals surface area contributed by atoms with Gasteiger partial charge in [-0.05, 0) is 29.8 Å². The molecule has 0 unspecified atom stereocenters. The number of pyridine rings is 1. The number of carboxylic acids is 1. The molecule has 0 saturated carbocycles. The molecule has 0 aliphatic rings. The Bertz CT molecular complexity index is 817. The van der Waals surface area contributed by atoms with Crippen LogP contribution in [0.3, 0.4) is 0 Å². The molecule has 1 aromatic heterocycles. The van der Waals surface area contributed by atoms with Gasteiger partial charge >= 0.3 is 5.97 Å². The Morgan fingerprint density at radius 3 is 2.42 bits per heavy atom. The summed E-state index contributed by atoms with van der Waals surface area (Å²) in [5.74, 6) is -0.292. The molecule has 7 nitrogen and oxygen atoms in total. The van der Waals surface area contributed by atoms with Gasteiger partial charge in [-0.3, -0.25) is 9.78 Å². The van der Waals surface area contributed by atoms with Crippen LogP contribution in [0.4, 0.5) is 0 Å². The van der Waals surface area contributed by atoms with Crippen LogP contribution < -0.4 is 14.8 Å². The fourth-order valence-corrected chi connectivity index (χ4v) is 2.44. The third-order valence-electron chi connectivity index (χ3n) is 4.10. The van der Waals surface area contributed by atoms with Crippen LogP contribution in [0.25, 0.3) is 0 Å². The molecule has 2 N–H and O–H groups in total. The van der Waals surface area contributed by atoms with Crippen molar-refractivity contribution in [3.63, 3.8) is 0 Å². The third kappa shape index (κ3) is 4.30. The zero-order valence-corrected chi connectivity index (χ0v) is 15.2. The Balaban J connectivity index is 2.13. The zero-order valence-electron chi connectivity index (χ0n) is 15.2. The highest BCUT2D eigenvalue weighted by Gasteiger charge is 2.24. The van der Waals surface area contributed by atoms with Gasteiger partial charge in [0, 0.05) is 18.2 Å². The topological polar surface area (TPSA) is 97.8 Å². The van der Waals surface area contributed by atoms with Gasteiger partial charge in [0.15, 0.2) is 11.5 Å². The van der Waals surface area contributed by atoms with Gasteiger partial charge in [-0.15, -0.1) is 0 Å². The molecule has 1 amide bonds. The number of carboxylic acid groups (broad SMARTS) is 1. The van der Waals surface area contributed by atoms with E-state index in [1.54, 1.807) is 14.2 Å². The van der Waals surface area contributed by atoms with Gasteiger partial charge in [0.2, 0.25) is 0 Å². The van der Waals surface area contributed by atoms with Crippen LogP contribution >= 0.6 is 0 Å². The molecule has 138 valence electrons. The summed E-state index contributed by atoms with van der Waals surface area (Å²) in [5.41, 5.74) is 0.652. The lowest BCUT2D eigenvalue weighted by atomic mass is 9.84. The number of aromatic carboxylic acids is 1. The second-order valence-electron chi connectivity index (χ2n) is 6.37. The third-order valence-corrected chi connectivity index (χ3v) is 4.10. The van der Waals surface area contributed by atoms with E-state index in [1.807, 2.05) is 32.0 Å². The lowest BCUT2D eigenvalue weighted by Gasteiger charge is -2.26. The maximum absolute atomic E-state index is 12.3. The molecule has 0 atom stereocenters. The van der Waals surface area contributed by atoms with Crippen LogP contribution in [0, 0.1) is 0 Å². The van der Waals surface area contributed by atoms with E-state index in [9.17, 15) is 9.59 Å². The average molecular weight is 358 g/mol. The molecule has 0 fully saturated rings. The van der Waals surface area contributed by atoms with Gasteiger partial charge in [-0.1, -0.05) is 19.9 Å². The van der Waals surface area contributed by atoms with Gasteiger partial charge in [-0.2, -0.15) is 0 Å². The lowest BCUT2D eigenvalue weighted by Crippen LogP contribution is -2.37. The van der Waals surface area contributed by atoms with Crippen LogP contribution in [-0.2, 0) is 5.41 Å². The highest BCUT2D eigenvalue weighted by molar-refractivity contribution is 5.95. The second-order valence-corrected chi connectivity index (χ2v) is 6.37. The highest BCUT2D eigenvalue weighted by atomic mass is 16.5. The summed E-state index contributed by atoms with van der Waals surface area (Å²) >= 11 is 0. The molecule has 2 rings (SSSR count).